The van der Waals surface area contributed by atoms with Gasteiger partial charge in [0.1, 0.15) is 5.69 Å². The van der Waals surface area contributed by atoms with Gasteiger partial charge in [-0.1, -0.05) is 6.07 Å². The molecule has 0 radical (unpaired) electrons. The minimum Gasteiger partial charge on any atom is -0.364 e. The van der Waals surface area contributed by atoms with Crippen LogP contribution in [0.5, 0.6) is 0 Å². The van der Waals surface area contributed by atoms with Gasteiger partial charge in [0, 0.05) is 50.4 Å². The lowest BCUT2D eigenvalue weighted by molar-refractivity contribution is 0.0995. The molecule has 3 amide bonds. The first kappa shape index (κ1) is 16.6. The molecular weight excluding hydrogens is 302 g/mol. The average Bonchev–Trinajstić information content (AvgIpc) is 2.54. The molecule has 8 heteroatoms. The highest BCUT2D eigenvalue weighted by molar-refractivity contribution is 7.99. The van der Waals surface area contributed by atoms with Gasteiger partial charge in [-0.15, -0.1) is 0 Å². The molecule has 1 fully saturated rings. The van der Waals surface area contributed by atoms with Gasteiger partial charge >= 0.3 is 6.03 Å². The molecule has 0 unspecified atom stereocenters. The van der Waals surface area contributed by atoms with E-state index in [0.29, 0.717) is 13.1 Å². The fraction of sp³-hybridized carbons (Fsp3) is 0.500. The molecule has 0 aromatic carbocycles. The third-order valence-corrected chi connectivity index (χ3v) is 4.29. The maximum atomic E-state index is 11.7. The van der Waals surface area contributed by atoms with Crippen LogP contribution in [0.1, 0.15) is 16.1 Å². The number of nitrogens with zero attached hydrogens (tertiary/aromatic N) is 2. The van der Waals surface area contributed by atoms with Crippen LogP contribution in [0.4, 0.5) is 4.79 Å². The van der Waals surface area contributed by atoms with Gasteiger partial charge < -0.3 is 16.4 Å². The van der Waals surface area contributed by atoms with Crippen molar-refractivity contribution in [2.24, 2.45) is 5.73 Å². The van der Waals surface area contributed by atoms with E-state index in [9.17, 15) is 9.59 Å². The minimum absolute atomic E-state index is 0.203. The van der Waals surface area contributed by atoms with Crippen molar-refractivity contribution < 1.29 is 9.59 Å². The summed E-state index contributed by atoms with van der Waals surface area (Å²) < 4.78 is 0. The van der Waals surface area contributed by atoms with Crippen molar-refractivity contribution in [3.05, 3.63) is 29.6 Å². The Hall–Kier alpha value is -1.80. The molecule has 4 N–H and O–H groups in total. The van der Waals surface area contributed by atoms with Crippen LogP contribution in [0.15, 0.2) is 18.3 Å². The molecule has 1 aliphatic heterocycles. The molecule has 1 aromatic heterocycles. The smallest absolute Gasteiger partial charge is 0.315 e. The highest BCUT2D eigenvalue weighted by atomic mass is 32.2. The van der Waals surface area contributed by atoms with Crippen molar-refractivity contribution in [2.75, 3.05) is 37.7 Å². The van der Waals surface area contributed by atoms with E-state index in [1.165, 1.54) is 17.7 Å². The molecule has 0 atom stereocenters. The molecule has 120 valence electrons. The number of amides is 3. The first-order valence-corrected chi connectivity index (χ1v) is 8.37. The lowest BCUT2D eigenvalue weighted by Gasteiger charge is -2.25. The molecular formula is C14H21N5O2S. The van der Waals surface area contributed by atoms with Crippen LogP contribution in [-0.4, -0.2) is 59.5 Å². The Bertz CT molecular complexity index is 502. The molecule has 0 spiro atoms. The van der Waals surface area contributed by atoms with E-state index < -0.39 is 5.91 Å². The number of nitrogens with two attached hydrogens (primary N) is 1. The molecule has 0 saturated carbocycles. The highest BCUT2D eigenvalue weighted by Crippen LogP contribution is 2.07. The van der Waals surface area contributed by atoms with Crippen LogP contribution < -0.4 is 16.4 Å². The fourth-order valence-corrected chi connectivity index (χ4v) is 3.05. The summed E-state index contributed by atoms with van der Waals surface area (Å²) in [4.78, 5) is 28.9. The zero-order valence-corrected chi connectivity index (χ0v) is 13.2. The molecule has 1 saturated heterocycles. The van der Waals surface area contributed by atoms with Gasteiger partial charge in [0.05, 0.1) is 0 Å². The fourth-order valence-electron chi connectivity index (χ4n) is 2.07. The lowest BCUT2D eigenvalue weighted by Crippen LogP contribution is -2.42. The Kier molecular flexibility index (Phi) is 6.47. The van der Waals surface area contributed by atoms with E-state index in [1.807, 2.05) is 11.8 Å². The molecule has 7 nitrogen and oxygen atoms in total. The van der Waals surface area contributed by atoms with Gasteiger partial charge in [-0.3, -0.25) is 14.7 Å². The summed E-state index contributed by atoms with van der Waals surface area (Å²) in [6.07, 6.45) is 1.53. The normalized spacial score (nSPS) is 15.3. The van der Waals surface area contributed by atoms with E-state index >= 15 is 0 Å². The SMILES string of the molecule is NC(=O)c1ccc(CNC(=O)NCCN2CCSCC2)cn1. The number of thioether (sulfide) groups is 1. The second-order valence-corrected chi connectivity index (χ2v) is 6.20. The van der Waals surface area contributed by atoms with E-state index in [-0.39, 0.29) is 11.7 Å². The third kappa shape index (κ3) is 5.53. The monoisotopic (exact) mass is 323 g/mol. The number of carbonyl (C=O) groups is 2. The summed E-state index contributed by atoms with van der Waals surface area (Å²) in [5, 5.41) is 5.59. The quantitative estimate of drug-likeness (QED) is 0.686. The van der Waals surface area contributed by atoms with Crippen LogP contribution in [-0.2, 0) is 6.54 Å². The summed E-state index contributed by atoms with van der Waals surface area (Å²) in [7, 11) is 0. The zero-order valence-electron chi connectivity index (χ0n) is 12.4. The molecule has 22 heavy (non-hydrogen) atoms. The number of urea groups is 1. The summed E-state index contributed by atoms with van der Waals surface area (Å²) in [5.41, 5.74) is 6.14. The average molecular weight is 323 g/mol. The second-order valence-electron chi connectivity index (χ2n) is 4.98. The van der Waals surface area contributed by atoms with Gasteiger partial charge in [0.25, 0.3) is 5.91 Å². The molecule has 2 rings (SSSR count). The summed E-state index contributed by atoms with van der Waals surface area (Å²) in [6.45, 7) is 4.05. The Morgan fingerprint density at radius 3 is 2.68 bits per heavy atom. The lowest BCUT2D eigenvalue weighted by atomic mass is 10.2. The minimum atomic E-state index is -0.562. The van der Waals surface area contributed by atoms with Gasteiger partial charge in [-0.05, 0) is 11.6 Å². The number of hydrogen-bond acceptors (Lipinski definition) is 5. The highest BCUT2D eigenvalue weighted by Gasteiger charge is 2.10. The van der Waals surface area contributed by atoms with Crippen LogP contribution in [0.3, 0.4) is 0 Å². The predicted octanol–water partition coefficient (Wildman–Crippen LogP) is 0.0285. The zero-order chi connectivity index (χ0) is 15.8. The molecule has 1 aliphatic rings. The number of nitrogens with one attached hydrogen (secondary N) is 2. The van der Waals surface area contributed by atoms with Gasteiger partial charge in [-0.2, -0.15) is 11.8 Å². The van der Waals surface area contributed by atoms with Crippen molar-refractivity contribution >= 4 is 23.7 Å². The number of rotatable bonds is 6. The summed E-state index contributed by atoms with van der Waals surface area (Å²) >= 11 is 1.97. The Morgan fingerprint density at radius 1 is 1.27 bits per heavy atom. The Balaban J connectivity index is 1.63. The topological polar surface area (TPSA) is 100 Å². The number of primary amides is 1. The maximum Gasteiger partial charge on any atom is 0.315 e. The maximum absolute atomic E-state index is 11.7. The van der Waals surface area contributed by atoms with Crippen molar-refractivity contribution in [3.8, 4) is 0 Å². The summed E-state index contributed by atoms with van der Waals surface area (Å²) in [5.74, 6) is 1.77. The van der Waals surface area contributed by atoms with Crippen molar-refractivity contribution in [3.63, 3.8) is 0 Å². The van der Waals surface area contributed by atoms with Gasteiger partial charge in [0.2, 0.25) is 0 Å². The van der Waals surface area contributed by atoms with E-state index in [2.05, 4.69) is 20.5 Å². The molecule has 2 heterocycles. The predicted molar refractivity (Wildman–Crippen MR) is 86.8 cm³/mol. The molecule has 0 aliphatic carbocycles. The summed E-state index contributed by atoms with van der Waals surface area (Å²) in [6, 6.07) is 3.06. The van der Waals surface area contributed by atoms with Crippen molar-refractivity contribution in [1.82, 2.24) is 20.5 Å². The van der Waals surface area contributed by atoms with Gasteiger partial charge in [0.15, 0.2) is 0 Å². The van der Waals surface area contributed by atoms with E-state index in [4.69, 9.17) is 5.73 Å². The van der Waals surface area contributed by atoms with Crippen LogP contribution in [0.2, 0.25) is 0 Å². The van der Waals surface area contributed by atoms with Crippen LogP contribution >= 0.6 is 11.8 Å². The molecule has 0 bridgehead atoms. The van der Waals surface area contributed by atoms with Crippen LogP contribution in [0.25, 0.3) is 0 Å². The first-order chi connectivity index (χ1) is 10.6. The van der Waals surface area contributed by atoms with E-state index in [1.54, 1.807) is 12.1 Å². The Morgan fingerprint density at radius 2 is 2.05 bits per heavy atom. The van der Waals surface area contributed by atoms with E-state index in [0.717, 1.165) is 25.2 Å². The Labute approximate surface area is 134 Å². The molecule has 1 aromatic rings. The largest absolute Gasteiger partial charge is 0.364 e. The second kappa shape index (κ2) is 8.60. The number of aromatic nitrogens is 1. The third-order valence-electron chi connectivity index (χ3n) is 3.35. The number of pyridine rings is 1. The first-order valence-electron chi connectivity index (χ1n) is 7.21. The number of carbonyl (C=O) groups excluding carboxylic acids is 2. The number of hydrogen-bond donors (Lipinski definition) is 3. The van der Waals surface area contributed by atoms with Gasteiger partial charge in [-0.25, -0.2) is 4.79 Å². The standard InChI is InChI=1S/C14H21N5O2S/c15-13(20)12-2-1-11(9-17-12)10-18-14(21)16-3-4-19-5-7-22-8-6-19/h1-2,9H,3-8,10H2,(H2,15,20)(H2,16,18,21). The van der Waals surface area contributed by atoms with Crippen molar-refractivity contribution in [1.29, 1.82) is 0 Å². The van der Waals surface area contributed by atoms with Crippen molar-refractivity contribution in [2.45, 2.75) is 6.54 Å². The van der Waals surface area contributed by atoms with Crippen LogP contribution in [0, 0.1) is 0 Å².